The molecule has 2 unspecified atom stereocenters. The van der Waals surface area contributed by atoms with Gasteiger partial charge in [0.1, 0.15) is 0 Å². The van der Waals surface area contributed by atoms with Gasteiger partial charge in [0.05, 0.1) is 24.2 Å². The van der Waals surface area contributed by atoms with Crippen molar-refractivity contribution >= 4 is 0 Å². The van der Waals surface area contributed by atoms with Gasteiger partial charge in [-0.05, 0) is 14.0 Å². The second kappa shape index (κ2) is 4.06. The van der Waals surface area contributed by atoms with Crippen molar-refractivity contribution in [1.29, 1.82) is 5.26 Å². The van der Waals surface area contributed by atoms with Crippen molar-refractivity contribution in [3.05, 3.63) is 18.0 Å². The molecule has 0 aliphatic rings. The van der Waals surface area contributed by atoms with Crippen LogP contribution in [0.3, 0.4) is 0 Å². The van der Waals surface area contributed by atoms with E-state index in [9.17, 15) is 0 Å². The largest absolute Gasteiger partial charge is 0.312 e. The Bertz CT molecular complexity index is 310. The van der Waals surface area contributed by atoms with Gasteiger partial charge in [-0.3, -0.25) is 4.68 Å². The van der Waals surface area contributed by atoms with Gasteiger partial charge < -0.3 is 5.32 Å². The van der Waals surface area contributed by atoms with Crippen LogP contribution in [0.4, 0.5) is 0 Å². The van der Waals surface area contributed by atoms with E-state index in [1.165, 1.54) is 0 Å². The van der Waals surface area contributed by atoms with Gasteiger partial charge in [-0.2, -0.15) is 10.4 Å². The first-order valence-electron chi connectivity index (χ1n) is 4.24. The summed E-state index contributed by atoms with van der Waals surface area (Å²) in [5.41, 5.74) is 1.05. The number of nitriles is 1. The number of hydrogen-bond donors (Lipinski definition) is 1. The van der Waals surface area contributed by atoms with E-state index in [-0.39, 0.29) is 12.0 Å². The molecule has 0 aromatic carbocycles. The zero-order valence-corrected chi connectivity index (χ0v) is 8.15. The molecule has 0 saturated carbocycles. The number of hydrogen-bond acceptors (Lipinski definition) is 3. The predicted molar refractivity (Wildman–Crippen MR) is 49.8 cm³/mol. The maximum Gasteiger partial charge on any atom is 0.0672 e. The molecule has 13 heavy (non-hydrogen) atoms. The van der Waals surface area contributed by atoms with Crippen LogP contribution in [0.1, 0.15) is 18.5 Å². The fraction of sp³-hybridized carbons (Fsp3) is 0.556. The van der Waals surface area contributed by atoms with Crippen molar-refractivity contribution in [2.75, 3.05) is 7.05 Å². The van der Waals surface area contributed by atoms with E-state index in [0.717, 1.165) is 5.56 Å². The fourth-order valence-electron chi connectivity index (χ4n) is 1.38. The monoisotopic (exact) mass is 178 g/mol. The Balaban J connectivity index is 2.85. The smallest absolute Gasteiger partial charge is 0.0672 e. The Kier molecular flexibility index (Phi) is 3.04. The lowest BCUT2D eigenvalue weighted by Crippen LogP contribution is -2.22. The summed E-state index contributed by atoms with van der Waals surface area (Å²) in [6.07, 6.45) is 3.71. The Hall–Kier alpha value is -1.34. The van der Waals surface area contributed by atoms with E-state index in [2.05, 4.69) is 16.5 Å². The van der Waals surface area contributed by atoms with Crippen LogP contribution in [-0.2, 0) is 7.05 Å². The van der Waals surface area contributed by atoms with Crippen molar-refractivity contribution in [2.24, 2.45) is 13.0 Å². The first kappa shape index (κ1) is 9.75. The third-order valence-corrected chi connectivity index (χ3v) is 2.10. The minimum atomic E-state index is -0.0470. The van der Waals surface area contributed by atoms with Crippen molar-refractivity contribution in [3.63, 3.8) is 0 Å². The quantitative estimate of drug-likeness (QED) is 0.746. The van der Waals surface area contributed by atoms with Crippen LogP contribution in [0.15, 0.2) is 12.4 Å². The second-order valence-electron chi connectivity index (χ2n) is 3.13. The number of nitrogens with one attached hydrogen (secondary N) is 1. The zero-order valence-electron chi connectivity index (χ0n) is 8.15. The molecular weight excluding hydrogens is 164 g/mol. The van der Waals surface area contributed by atoms with E-state index in [0.29, 0.717) is 0 Å². The molecule has 0 saturated heterocycles. The van der Waals surface area contributed by atoms with Crippen molar-refractivity contribution in [1.82, 2.24) is 15.1 Å². The maximum absolute atomic E-state index is 8.79. The van der Waals surface area contributed by atoms with E-state index in [1.807, 2.05) is 27.2 Å². The molecule has 1 heterocycles. The lowest BCUT2D eigenvalue weighted by atomic mass is 9.99. The van der Waals surface area contributed by atoms with Gasteiger partial charge in [-0.15, -0.1) is 0 Å². The number of aromatic nitrogens is 2. The highest BCUT2D eigenvalue weighted by molar-refractivity contribution is 5.13. The van der Waals surface area contributed by atoms with Gasteiger partial charge in [-0.25, -0.2) is 0 Å². The average Bonchev–Trinajstić information content (AvgIpc) is 2.53. The lowest BCUT2D eigenvalue weighted by molar-refractivity contribution is 0.490. The molecular formula is C9H14N4. The highest BCUT2D eigenvalue weighted by Gasteiger charge is 2.17. The Morgan fingerprint density at radius 3 is 2.77 bits per heavy atom. The Morgan fingerprint density at radius 1 is 1.69 bits per heavy atom. The summed E-state index contributed by atoms with van der Waals surface area (Å²) in [4.78, 5) is 0. The first-order valence-corrected chi connectivity index (χ1v) is 4.24. The topological polar surface area (TPSA) is 53.6 Å². The molecule has 2 atom stereocenters. The summed E-state index contributed by atoms with van der Waals surface area (Å²) >= 11 is 0. The van der Waals surface area contributed by atoms with Crippen LogP contribution in [0.5, 0.6) is 0 Å². The third-order valence-electron chi connectivity index (χ3n) is 2.10. The first-order chi connectivity index (χ1) is 6.19. The van der Waals surface area contributed by atoms with Crippen LogP contribution in [-0.4, -0.2) is 16.8 Å². The lowest BCUT2D eigenvalue weighted by Gasteiger charge is -2.15. The van der Waals surface area contributed by atoms with E-state index < -0.39 is 0 Å². The summed E-state index contributed by atoms with van der Waals surface area (Å²) < 4.78 is 1.74. The van der Waals surface area contributed by atoms with Gasteiger partial charge in [0.15, 0.2) is 0 Å². The fourth-order valence-corrected chi connectivity index (χ4v) is 1.38. The molecule has 0 aliphatic carbocycles. The van der Waals surface area contributed by atoms with Crippen LogP contribution in [0.25, 0.3) is 0 Å². The molecule has 0 amide bonds. The number of rotatable bonds is 3. The Labute approximate surface area is 78.2 Å². The highest BCUT2D eigenvalue weighted by atomic mass is 15.2. The zero-order chi connectivity index (χ0) is 9.84. The van der Waals surface area contributed by atoms with Crippen LogP contribution >= 0.6 is 0 Å². The number of nitrogens with zero attached hydrogens (tertiary/aromatic N) is 3. The van der Waals surface area contributed by atoms with Gasteiger partial charge in [0.25, 0.3) is 0 Å². The van der Waals surface area contributed by atoms with Crippen molar-refractivity contribution in [2.45, 2.75) is 13.0 Å². The van der Waals surface area contributed by atoms with Gasteiger partial charge in [-0.1, -0.05) is 0 Å². The molecule has 0 bridgehead atoms. The molecule has 1 rings (SSSR count). The molecule has 1 aromatic rings. The minimum Gasteiger partial charge on any atom is -0.312 e. The van der Waals surface area contributed by atoms with Crippen molar-refractivity contribution < 1.29 is 0 Å². The van der Waals surface area contributed by atoms with Crippen LogP contribution in [0, 0.1) is 17.2 Å². The molecule has 0 radical (unpaired) electrons. The van der Waals surface area contributed by atoms with Crippen molar-refractivity contribution in [3.8, 4) is 6.07 Å². The summed E-state index contributed by atoms with van der Waals surface area (Å²) in [6, 6.07) is 2.29. The normalized spacial score (nSPS) is 14.9. The predicted octanol–water partition coefficient (Wildman–Crippen LogP) is 0.840. The van der Waals surface area contributed by atoms with Gasteiger partial charge in [0, 0.05) is 18.8 Å². The SMILES string of the molecule is CNC(c1cnn(C)c1)C(C)C#N. The molecule has 1 N–H and O–H groups in total. The van der Waals surface area contributed by atoms with E-state index in [4.69, 9.17) is 5.26 Å². The molecule has 70 valence electrons. The summed E-state index contributed by atoms with van der Waals surface area (Å²) in [6.45, 7) is 1.90. The maximum atomic E-state index is 8.79. The number of aryl methyl sites for hydroxylation is 1. The standard InChI is InChI=1S/C9H14N4/c1-7(4-10)9(11-2)8-5-12-13(3)6-8/h5-7,9,11H,1-3H3. The highest BCUT2D eigenvalue weighted by Crippen LogP contribution is 2.19. The molecule has 4 heteroatoms. The molecule has 0 aliphatic heterocycles. The van der Waals surface area contributed by atoms with E-state index >= 15 is 0 Å². The Morgan fingerprint density at radius 2 is 2.38 bits per heavy atom. The third kappa shape index (κ3) is 2.07. The van der Waals surface area contributed by atoms with Crippen LogP contribution in [0.2, 0.25) is 0 Å². The molecule has 0 spiro atoms. The summed E-state index contributed by atoms with van der Waals surface area (Å²) in [5, 5.41) is 16.0. The molecule has 4 nitrogen and oxygen atoms in total. The summed E-state index contributed by atoms with van der Waals surface area (Å²) in [5.74, 6) is -0.0470. The average molecular weight is 178 g/mol. The molecule has 1 aromatic heterocycles. The van der Waals surface area contributed by atoms with Gasteiger partial charge in [0.2, 0.25) is 0 Å². The minimum absolute atomic E-state index is 0.0470. The molecule has 0 fully saturated rings. The summed E-state index contributed by atoms with van der Waals surface area (Å²) in [7, 11) is 3.72. The van der Waals surface area contributed by atoms with Crippen LogP contribution < -0.4 is 5.32 Å². The van der Waals surface area contributed by atoms with E-state index in [1.54, 1.807) is 10.9 Å². The second-order valence-corrected chi connectivity index (χ2v) is 3.13. The van der Waals surface area contributed by atoms with Gasteiger partial charge >= 0.3 is 0 Å².